The van der Waals surface area contributed by atoms with Crippen LogP contribution in [0.15, 0.2) is 48.0 Å². The Bertz CT molecular complexity index is 856. The number of benzene rings is 2. The number of fused-ring (bicyclic) bond motifs is 2. The SMILES string of the molecule is O=C(Cc1cccc(Cl)c1)C1CC2=C(CN1)Cc1ccc(Cl)cc12. The van der Waals surface area contributed by atoms with Gasteiger partial charge >= 0.3 is 0 Å². The van der Waals surface area contributed by atoms with Crippen LogP contribution < -0.4 is 5.32 Å². The van der Waals surface area contributed by atoms with E-state index in [0.29, 0.717) is 11.4 Å². The van der Waals surface area contributed by atoms with E-state index in [1.807, 2.05) is 36.4 Å². The predicted octanol–water partition coefficient (Wildman–Crippen LogP) is 4.48. The quantitative estimate of drug-likeness (QED) is 0.877. The number of hydrogen-bond donors (Lipinski definition) is 1. The van der Waals surface area contributed by atoms with Crippen LogP contribution in [0.4, 0.5) is 0 Å². The zero-order chi connectivity index (χ0) is 16.7. The van der Waals surface area contributed by atoms with Crippen molar-refractivity contribution in [3.8, 4) is 0 Å². The molecule has 2 aliphatic rings. The Labute approximate surface area is 151 Å². The van der Waals surface area contributed by atoms with Gasteiger partial charge in [-0.05, 0) is 64.9 Å². The highest BCUT2D eigenvalue weighted by atomic mass is 35.5. The molecule has 0 spiro atoms. The van der Waals surface area contributed by atoms with Crippen LogP contribution in [0.5, 0.6) is 0 Å². The summed E-state index contributed by atoms with van der Waals surface area (Å²) in [4.78, 5) is 12.7. The van der Waals surface area contributed by atoms with Crippen LogP contribution in [0.1, 0.15) is 23.1 Å². The maximum Gasteiger partial charge on any atom is 0.154 e. The summed E-state index contributed by atoms with van der Waals surface area (Å²) < 4.78 is 0. The van der Waals surface area contributed by atoms with Crippen molar-refractivity contribution in [1.29, 1.82) is 0 Å². The fourth-order valence-corrected chi connectivity index (χ4v) is 4.04. The van der Waals surface area contributed by atoms with Gasteiger partial charge in [0.05, 0.1) is 6.04 Å². The molecule has 1 unspecified atom stereocenters. The molecule has 2 nitrogen and oxygen atoms in total. The highest BCUT2D eigenvalue weighted by Gasteiger charge is 2.31. The first kappa shape index (κ1) is 15.9. The number of carbonyl (C=O) groups excluding carboxylic acids is 1. The number of halogens is 2. The first-order valence-corrected chi connectivity index (χ1v) is 8.86. The van der Waals surface area contributed by atoms with Crippen molar-refractivity contribution < 1.29 is 4.79 Å². The fraction of sp³-hybridized carbons (Fsp3) is 0.250. The van der Waals surface area contributed by atoms with Gasteiger partial charge in [0, 0.05) is 23.0 Å². The van der Waals surface area contributed by atoms with Crippen molar-refractivity contribution in [2.24, 2.45) is 0 Å². The lowest BCUT2D eigenvalue weighted by Crippen LogP contribution is -2.41. The number of Topliss-reactive ketones (excluding diaryl/α,β-unsaturated/α-hetero) is 1. The van der Waals surface area contributed by atoms with E-state index in [1.165, 1.54) is 22.3 Å². The molecule has 122 valence electrons. The number of nitrogens with one attached hydrogen (secondary N) is 1. The van der Waals surface area contributed by atoms with Gasteiger partial charge in [0.25, 0.3) is 0 Å². The van der Waals surface area contributed by atoms with E-state index in [0.717, 1.165) is 30.0 Å². The molecule has 4 heteroatoms. The predicted molar refractivity (Wildman–Crippen MR) is 98.6 cm³/mol. The monoisotopic (exact) mass is 357 g/mol. The molecule has 0 amide bonds. The van der Waals surface area contributed by atoms with Crippen LogP contribution >= 0.6 is 23.2 Å². The van der Waals surface area contributed by atoms with Gasteiger partial charge in [-0.2, -0.15) is 0 Å². The van der Waals surface area contributed by atoms with Gasteiger partial charge in [-0.3, -0.25) is 4.79 Å². The molecule has 1 N–H and O–H groups in total. The second-order valence-corrected chi connectivity index (χ2v) is 7.34. The Morgan fingerprint density at radius 3 is 2.79 bits per heavy atom. The molecule has 1 aliphatic heterocycles. The fourth-order valence-electron chi connectivity index (χ4n) is 3.66. The van der Waals surface area contributed by atoms with Crippen molar-refractivity contribution in [3.05, 3.63) is 74.8 Å². The third-order valence-electron chi connectivity index (χ3n) is 4.85. The second-order valence-electron chi connectivity index (χ2n) is 6.47. The molecular formula is C20H17Cl2NO. The van der Waals surface area contributed by atoms with E-state index in [-0.39, 0.29) is 11.8 Å². The van der Waals surface area contributed by atoms with Gasteiger partial charge in [0.15, 0.2) is 5.78 Å². The molecule has 0 fully saturated rings. The van der Waals surface area contributed by atoms with E-state index in [9.17, 15) is 4.79 Å². The summed E-state index contributed by atoms with van der Waals surface area (Å²) in [6.07, 6.45) is 2.11. The zero-order valence-electron chi connectivity index (χ0n) is 13.1. The topological polar surface area (TPSA) is 29.1 Å². The highest BCUT2D eigenvalue weighted by molar-refractivity contribution is 6.31. The van der Waals surface area contributed by atoms with Crippen molar-refractivity contribution >= 4 is 34.6 Å². The molecule has 0 bridgehead atoms. The van der Waals surface area contributed by atoms with Crippen molar-refractivity contribution in [2.45, 2.75) is 25.3 Å². The number of ketones is 1. The minimum absolute atomic E-state index is 0.146. The van der Waals surface area contributed by atoms with Gasteiger partial charge in [0.2, 0.25) is 0 Å². The Kier molecular flexibility index (Phi) is 4.21. The largest absolute Gasteiger partial charge is 0.303 e. The number of hydrogen-bond acceptors (Lipinski definition) is 2. The third kappa shape index (κ3) is 3.02. The maximum absolute atomic E-state index is 12.7. The van der Waals surface area contributed by atoms with E-state index in [4.69, 9.17) is 23.2 Å². The van der Waals surface area contributed by atoms with Crippen LogP contribution in [0.25, 0.3) is 5.57 Å². The highest BCUT2D eigenvalue weighted by Crippen LogP contribution is 2.39. The molecular weight excluding hydrogens is 341 g/mol. The number of rotatable bonds is 3. The minimum atomic E-state index is -0.146. The van der Waals surface area contributed by atoms with E-state index >= 15 is 0 Å². The van der Waals surface area contributed by atoms with Crippen molar-refractivity contribution in [3.63, 3.8) is 0 Å². The average Bonchev–Trinajstić information content (AvgIpc) is 2.92. The van der Waals surface area contributed by atoms with Crippen LogP contribution in [0, 0.1) is 0 Å². The molecule has 0 saturated heterocycles. The first-order valence-electron chi connectivity index (χ1n) is 8.10. The van der Waals surface area contributed by atoms with Gasteiger partial charge in [-0.25, -0.2) is 0 Å². The van der Waals surface area contributed by atoms with Gasteiger partial charge < -0.3 is 5.32 Å². The van der Waals surface area contributed by atoms with Crippen LogP contribution in [0.3, 0.4) is 0 Å². The Morgan fingerprint density at radius 1 is 1.12 bits per heavy atom. The minimum Gasteiger partial charge on any atom is -0.303 e. The van der Waals surface area contributed by atoms with Gasteiger partial charge in [-0.1, -0.05) is 41.4 Å². The molecule has 0 radical (unpaired) electrons. The lowest BCUT2D eigenvalue weighted by atomic mass is 9.91. The lowest BCUT2D eigenvalue weighted by Gasteiger charge is -2.25. The van der Waals surface area contributed by atoms with Crippen LogP contribution in [0.2, 0.25) is 10.0 Å². The Morgan fingerprint density at radius 2 is 1.96 bits per heavy atom. The molecule has 0 saturated carbocycles. The first-order chi connectivity index (χ1) is 11.6. The lowest BCUT2D eigenvalue weighted by molar-refractivity contribution is -0.120. The molecule has 2 aromatic carbocycles. The summed E-state index contributed by atoms with van der Waals surface area (Å²) in [7, 11) is 0. The molecule has 24 heavy (non-hydrogen) atoms. The third-order valence-corrected chi connectivity index (χ3v) is 5.32. The van der Waals surface area contributed by atoms with Gasteiger partial charge in [-0.15, -0.1) is 0 Å². The normalized spacial score (nSPS) is 19.2. The molecule has 0 aromatic heterocycles. The summed E-state index contributed by atoms with van der Waals surface area (Å²) in [5, 5.41) is 4.82. The standard InChI is InChI=1S/C20H17Cl2NO/c21-15-3-1-2-12(6-15)7-20(24)19-10-18-14(11-23-19)8-13-4-5-16(22)9-17(13)18/h1-6,9,19,23H,7-8,10-11H2. The summed E-state index contributed by atoms with van der Waals surface area (Å²) >= 11 is 12.2. The molecule has 2 aromatic rings. The summed E-state index contributed by atoms with van der Waals surface area (Å²) in [5.74, 6) is 0.208. The molecule has 1 aliphatic carbocycles. The smallest absolute Gasteiger partial charge is 0.154 e. The van der Waals surface area contributed by atoms with Gasteiger partial charge in [0.1, 0.15) is 0 Å². The van der Waals surface area contributed by atoms with Crippen molar-refractivity contribution in [1.82, 2.24) is 5.32 Å². The maximum atomic E-state index is 12.7. The van der Waals surface area contributed by atoms with Crippen molar-refractivity contribution in [2.75, 3.05) is 6.54 Å². The average molecular weight is 358 g/mol. The van der Waals surface area contributed by atoms with Crippen LogP contribution in [-0.4, -0.2) is 18.4 Å². The summed E-state index contributed by atoms with van der Waals surface area (Å²) in [5.41, 5.74) is 6.19. The van der Waals surface area contributed by atoms with Crippen LogP contribution in [-0.2, 0) is 17.6 Å². The Balaban J connectivity index is 1.52. The number of carbonyl (C=O) groups is 1. The molecule has 1 heterocycles. The second kappa shape index (κ2) is 6.36. The van der Waals surface area contributed by atoms with E-state index in [2.05, 4.69) is 11.4 Å². The summed E-state index contributed by atoms with van der Waals surface area (Å²) in [6.45, 7) is 0.771. The van der Waals surface area contributed by atoms with E-state index in [1.54, 1.807) is 0 Å². The van der Waals surface area contributed by atoms with E-state index < -0.39 is 0 Å². The molecule has 1 atom stereocenters. The zero-order valence-corrected chi connectivity index (χ0v) is 14.6. The summed E-state index contributed by atoms with van der Waals surface area (Å²) in [6, 6.07) is 13.4. The Hall–Kier alpha value is -1.61. The molecule has 4 rings (SSSR count).